The van der Waals surface area contributed by atoms with Gasteiger partial charge in [-0.25, -0.2) is 8.78 Å². The number of unbranched alkanes of at least 4 members (excludes halogenated alkanes) is 2. The predicted octanol–water partition coefficient (Wildman–Crippen LogP) is 8.48. The van der Waals surface area contributed by atoms with Crippen molar-refractivity contribution in [1.82, 2.24) is 0 Å². The van der Waals surface area contributed by atoms with Crippen LogP contribution in [0, 0.1) is 11.8 Å². The number of benzene rings is 2. The van der Waals surface area contributed by atoms with Gasteiger partial charge in [-0.05, 0) is 60.1 Å². The summed E-state index contributed by atoms with van der Waals surface area (Å²) in [4.78, 5) is 0. The van der Waals surface area contributed by atoms with Crippen LogP contribution < -0.4 is 0 Å². The van der Waals surface area contributed by atoms with Gasteiger partial charge in [0.25, 0.3) is 0 Å². The number of hydrogen-bond acceptors (Lipinski definition) is 0. The van der Waals surface area contributed by atoms with Gasteiger partial charge in [0.2, 0.25) is 0 Å². The summed E-state index contributed by atoms with van der Waals surface area (Å²) in [5, 5.41) is 1.93. The second kappa shape index (κ2) is 9.30. The Kier molecular flexibility index (Phi) is 6.82. The van der Waals surface area contributed by atoms with Crippen LogP contribution >= 0.6 is 0 Å². The molecule has 0 saturated heterocycles. The number of fused-ring (bicyclic) bond motifs is 1. The molecule has 0 heterocycles. The Hall–Kier alpha value is -1.96. The lowest BCUT2D eigenvalue weighted by atomic mass is 9.79. The Balaban J connectivity index is 1.70. The molecule has 0 aliphatic heterocycles. The van der Waals surface area contributed by atoms with Crippen molar-refractivity contribution in [2.75, 3.05) is 0 Å². The normalized spacial score (nSPS) is 21.1. The second-order valence-electron chi connectivity index (χ2n) is 7.90. The van der Waals surface area contributed by atoms with Crippen LogP contribution in [-0.2, 0) is 0 Å². The molecule has 1 fully saturated rings. The van der Waals surface area contributed by atoms with Crippen LogP contribution in [0.1, 0.15) is 69.4 Å². The topological polar surface area (TPSA) is 0 Å². The van der Waals surface area contributed by atoms with Gasteiger partial charge < -0.3 is 0 Å². The number of halogens is 2. The van der Waals surface area contributed by atoms with Crippen molar-refractivity contribution < 1.29 is 8.78 Å². The molecule has 27 heavy (non-hydrogen) atoms. The summed E-state index contributed by atoms with van der Waals surface area (Å²) in [6.45, 7) is 5.98. The molecule has 0 radical (unpaired) electrons. The van der Waals surface area contributed by atoms with E-state index in [-0.39, 0.29) is 5.92 Å². The van der Waals surface area contributed by atoms with E-state index in [9.17, 15) is 8.78 Å². The molecule has 0 bridgehead atoms. The van der Waals surface area contributed by atoms with Gasteiger partial charge in [-0.15, -0.1) is 0 Å². The van der Waals surface area contributed by atoms with Crippen LogP contribution in [0.15, 0.2) is 48.8 Å². The fraction of sp³-hybridized carbons (Fsp3) is 0.440. The maximum absolute atomic E-state index is 14.8. The molecule has 0 N–H and O–H groups in total. The van der Waals surface area contributed by atoms with Gasteiger partial charge in [0.1, 0.15) is 5.83 Å². The predicted molar refractivity (Wildman–Crippen MR) is 113 cm³/mol. The highest BCUT2D eigenvalue weighted by molar-refractivity contribution is 5.87. The third-order valence-corrected chi connectivity index (χ3v) is 5.98. The standard InChI is InChI=1S/C25H30F2/c1-3-5-6-7-19-9-11-20(12-10-19)24(26)25(27)23-15-14-21-16-18(4-2)8-13-22(21)17-23/h4,8,13-17,19-20H,2-3,5-7,9-12H2,1H3. The molecular formula is C25H30F2. The SMILES string of the molecule is C=Cc1ccc2cc(C(F)=C(F)C3CCC(CCCCC)CC3)ccc2c1. The Morgan fingerprint density at radius 2 is 1.70 bits per heavy atom. The van der Waals surface area contributed by atoms with Crippen LogP contribution in [0.5, 0.6) is 0 Å². The van der Waals surface area contributed by atoms with Crippen LogP contribution in [0.2, 0.25) is 0 Å². The lowest BCUT2D eigenvalue weighted by Gasteiger charge is -2.27. The number of hydrogen-bond donors (Lipinski definition) is 0. The van der Waals surface area contributed by atoms with Crippen molar-refractivity contribution in [3.63, 3.8) is 0 Å². The molecule has 1 saturated carbocycles. The van der Waals surface area contributed by atoms with Gasteiger partial charge in [-0.2, -0.15) is 0 Å². The molecule has 2 aromatic carbocycles. The monoisotopic (exact) mass is 368 g/mol. The Morgan fingerprint density at radius 3 is 2.41 bits per heavy atom. The van der Waals surface area contributed by atoms with Crippen molar-refractivity contribution >= 4 is 22.7 Å². The molecule has 2 aromatic rings. The molecule has 0 unspecified atom stereocenters. The highest BCUT2D eigenvalue weighted by atomic mass is 19.2. The Labute approximate surface area is 162 Å². The summed E-state index contributed by atoms with van der Waals surface area (Å²) < 4.78 is 29.6. The first-order chi connectivity index (χ1) is 13.1. The zero-order chi connectivity index (χ0) is 19.2. The summed E-state index contributed by atoms with van der Waals surface area (Å²) in [6, 6.07) is 11.2. The van der Waals surface area contributed by atoms with Gasteiger partial charge in [-0.1, -0.05) is 69.5 Å². The molecule has 2 heteroatoms. The molecular weight excluding hydrogens is 338 g/mol. The molecule has 0 aromatic heterocycles. The minimum absolute atomic E-state index is 0.258. The van der Waals surface area contributed by atoms with Crippen LogP contribution in [0.4, 0.5) is 8.78 Å². The Morgan fingerprint density at radius 1 is 1.00 bits per heavy atom. The van der Waals surface area contributed by atoms with E-state index in [2.05, 4.69) is 13.5 Å². The number of allylic oxidation sites excluding steroid dienone is 1. The van der Waals surface area contributed by atoms with Crippen LogP contribution in [0.25, 0.3) is 22.7 Å². The molecule has 0 spiro atoms. The molecule has 1 aliphatic rings. The fourth-order valence-corrected chi connectivity index (χ4v) is 4.23. The second-order valence-corrected chi connectivity index (χ2v) is 7.90. The quantitative estimate of drug-likeness (QED) is 0.430. The van der Waals surface area contributed by atoms with E-state index in [0.29, 0.717) is 11.5 Å². The molecule has 1 aliphatic carbocycles. The highest BCUT2D eigenvalue weighted by Gasteiger charge is 2.26. The van der Waals surface area contributed by atoms with Crippen molar-refractivity contribution in [3.05, 3.63) is 59.9 Å². The minimum Gasteiger partial charge on any atom is -0.208 e. The molecule has 0 atom stereocenters. The van der Waals surface area contributed by atoms with E-state index in [4.69, 9.17) is 0 Å². The van der Waals surface area contributed by atoms with Crippen LogP contribution in [-0.4, -0.2) is 0 Å². The molecule has 0 amide bonds. The zero-order valence-electron chi connectivity index (χ0n) is 16.3. The Bertz CT molecular complexity index is 810. The van der Waals surface area contributed by atoms with E-state index in [1.54, 1.807) is 18.2 Å². The summed E-state index contributed by atoms with van der Waals surface area (Å²) in [6.07, 6.45) is 10.4. The van der Waals surface area contributed by atoms with Crippen LogP contribution in [0.3, 0.4) is 0 Å². The first kappa shape index (κ1) is 19.8. The molecule has 144 valence electrons. The maximum Gasteiger partial charge on any atom is 0.162 e. The van der Waals surface area contributed by atoms with E-state index >= 15 is 0 Å². The van der Waals surface area contributed by atoms with Gasteiger partial charge in [0.05, 0.1) is 0 Å². The van der Waals surface area contributed by atoms with E-state index in [0.717, 1.165) is 42.0 Å². The van der Waals surface area contributed by atoms with Gasteiger partial charge in [0.15, 0.2) is 5.83 Å². The first-order valence-electron chi connectivity index (χ1n) is 10.3. The van der Waals surface area contributed by atoms with E-state index < -0.39 is 11.7 Å². The smallest absolute Gasteiger partial charge is 0.162 e. The zero-order valence-corrected chi connectivity index (χ0v) is 16.3. The minimum atomic E-state index is -0.681. The van der Waals surface area contributed by atoms with Crippen molar-refractivity contribution in [3.8, 4) is 0 Å². The van der Waals surface area contributed by atoms with Crippen molar-refractivity contribution in [1.29, 1.82) is 0 Å². The third-order valence-electron chi connectivity index (χ3n) is 5.98. The largest absolute Gasteiger partial charge is 0.208 e. The summed E-state index contributed by atoms with van der Waals surface area (Å²) in [7, 11) is 0. The summed E-state index contributed by atoms with van der Waals surface area (Å²) >= 11 is 0. The third kappa shape index (κ3) is 4.86. The molecule has 0 nitrogen and oxygen atoms in total. The maximum atomic E-state index is 14.8. The van der Waals surface area contributed by atoms with Gasteiger partial charge in [0, 0.05) is 11.5 Å². The fourth-order valence-electron chi connectivity index (χ4n) is 4.23. The average molecular weight is 369 g/mol. The van der Waals surface area contributed by atoms with Crippen molar-refractivity contribution in [2.45, 2.75) is 58.3 Å². The summed E-state index contributed by atoms with van der Waals surface area (Å²) in [5.41, 5.74) is 1.37. The number of rotatable bonds is 7. The first-order valence-corrected chi connectivity index (χ1v) is 10.3. The molecule has 3 rings (SSSR count). The van der Waals surface area contributed by atoms with E-state index in [1.807, 2.05) is 24.3 Å². The van der Waals surface area contributed by atoms with Gasteiger partial charge >= 0.3 is 0 Å². The lowest BCUT2D eigenvalue weighted by Crippen LogP contribution is -2.15. The highest BCUT2D eigenvalue weighted by Crippen LogP contribution is 2.39. The van der Waals surface area contributed by atoms with Crippen molar-refractivity contribution in [2.24, 2.45) is 11.8 Å². The average Bonchev–Trinajstić information content (AvgIpc) is 2.72. The van der Waals surface area contributed by atoms with E-state index in [1.165, 1.54) is 25.7 Å². The van der Waals surface area contributed by atoms with Gasteiger partial charge in [-0.3, -0.25) is 0 Å². The lowest BCUT2D eigenvalue weighted by molar-refractivity contribution is 0.258. The summed E-state index contributed by atoms with van der Waals surface area (Å²) in [5.74, 6) is -0.794.